The average molecular weight is 264 g/mol. The van der Waals surface area contributed by atoms with Crippen LogP contribution in [0.5, 0.6) is 5.75 Å². The Morgan fingerprint density at radius 1 is 1.16 bits per heavy atom. The maximum atomic E-state index is 11.5. The van der Waals surface area contributed by atoms with E-state index in [9.17, 15) is 4.79 Å². The van der Waals surface area contributed by atoms with Gasteiger partial charge >= 0.3 is 5.97 Å². The van der Waals surface area contributed by atoms with Crippen molar-refractivity contribution < 1.29 is 14.3 Å². The minimum absolute atomic E-state index is 0.344. The predicted molar refractivity (Wildman–Crippen MR) is 74.0 cm³/mol. The van der Waals surface area contributed by atoms with Crippen LogP contribution >= 0.6 is 0 Å². The predicted octanol–water partition coefficient (Wildman–Crippen LogP) is 1.23. The second-order valence-electron chi connectivity index (χ2n) is 4.67. The first-order chi connectivity index (χ1) is 9.15. The van der Waals surface area contributed by atoms with Crippen LogP contribution in [0.25, 0.3) is 0 Å². The molecule has 0 amide bonds. The fourth-order valence-electron chi connectivity index (χ4n) is 2.23. The third-order valence-electron chi connectivity index (χ3n) is 3.44. The van der Waals surface area contributed by atoms with Gasteiger partial charge in [-0.2, -0.15) is 0 Å². The summed E-state index contributed by atoms with van der Waals surface area (Å²) in [5.74, 6) is 0.371. The van der Waals surface area contributed by atoms with Gasteiger partial charge in [0.2, 0.25) is 0 Å². The Hall–Kier alpha value is -1.75. The molecule has 2 rings (SSSR count). The molecule has 1 saturated heterocycles. The van der Waals surface area contributed by atoms with Gasteiger partial charge in [-0.25, -0.2) is 4.79 Å². The molecule has 1 aliphatic rings. The summed E-state index contributed by atoms with van der Waals surface area (Å²) in [5.41, 5.74) is 1.54. The number of likely N-dealkylation sites (N-methyl/N-ethyl adjacent to an activating group) is 1. The number of methoxy groups -OCH3 is 2. The fourth-order valence-corrected chi connectivity index (χ4v) is 2.23. The van der Waals surface area contributed by atoms with Crippen molar-refractivity contribution in [2.75, 3.05) is 52.3 Å². The van der Waals surface area contributed by atoms with Crippen LogP contribution in [0.4, 0.5) is 5.69 Å². The summed E-state index contributed by atoms with van der Waals surface area (Å²) in [4.78, 5) is 16.1. The molecule has 1 fully saturated rings. The van der Waals surface area contributed by atoms with Crippen molar-refractivity contribution in [3.8, 4) is 5.75 Å². The molecule has 1 aliphatic heterocycles. The smallest absolute Gasteiger partial charge is 0.337 e. The molecule has 5 nitrogen and oxygen atoms in total. The van der Waals surface area contributed by atoms with Gasteiger partial charge in [-0.1, -0.05) is 0 Å². The minimum atomic E-state index is -0.344. The highest BCUT2D eigenvalue weighted by atomic mass is 16.5. The van der Waals surface area contributed by atoms with Crippen LogP contribution in [0.1, 0.15) is 10.4 Å². The molecule has 0 unspecified atom stereocenters. The number of benzene rings is 1. The fraction of sp³-hybridized carbons (Fsp3) is 0.500. The van der Waals surface area contributed by atoms with Crippen LogP contribution in [0.2, 0.25) is 0 Å². The van der Waals surface area contributed by atoms with Gasteiger partial charge < -0.3 is 19.3 Å². The van der Waals surface area contributed by atoms with Crippen LogP contribution in [-0.4, -0.2) is 58.3 Å². The number of esters is 1. The first kappa shape index (κ1) is 13.7. The molecule has 104 valence electrons. The molecule has 1 aromatic rings. The van der Waals surface area contributed by atoms with Crippen LogP contribution in [0.15, 0.2) is 18.2 Å². The molecule has 1 aromatic carbocycles. The van der Waals surface area contributed by atoms with Gasteiger partial charge in [-0.3, -0.25) is 0 Å². The Bertz CT molecular complexity index is 454. The summed E-state index contributed by atoms with van der Waals surface area (Å²) < 4.78 is 10.1. The summed E-state index contributed by atoms with van der Waals surface area (Å²) in [6.45, 7) is 3.98. The second kappa shape index (κ2) is 5.93. The first-order valence-corrected chi connectivity index (χ1v) is 6.35. The molecule has 0 aromatic heterocycles. The topological polar surface area (TPSA) is 42.0 Å². The van der Waals surface area contributed by atoms with E-state index in [2.05, 4.69) is 16.8 Å². The molecular weight excluding hydrogens is 244 g/mol. The summed E-state index contributed by atoms with van der Waals surface area (Å²) in [5, 5.41) is 0. The second-order valence-corrected chi connectivity index (χ2v) is 4.67. The Labute approximate surface area is 113 Å². The van der Waals surface area contributed by atoms with Gasteiger partial charge in [0.25, 0.3) is 0 Å². The van der Waals surface area contributed by atoms with Gasteiger partial charge in [0.1, 0.15) is 5.75 Å². The van der Waals surface area contributed by atoms with Gasteiger partial charge in [-0.05, 0) is 25.2 Å². The van der Waals surface area contributed by atoms with Crippen LogP contribution in [0, 0.1) is 0 Å². The zero-order valence-corrected chi connectivity index (χ0v) is 11.7. The number of ether oxygens (including phenoxy) is 2. The van der Waals surface area contributed by atoms with Gasteiger partial charge in [0.15, 0.2) is 0 Å². The number of rotatable bonds is 3. The Morgan fingerprint density at radius 3 is 2.42 bits per heavy atom. The van der Waals surface area contributed by atoms with Gasteiger partial charge in [0, 0.05) is 26.2 Å². The standard InChI is InChI=1S/C14H20N2O3/c1-15-6-8-16(9-7-15)12-5-4-11(14(17)19-3)10-13(12)18-2/h4-5,10H,6-9H2,1-3H3. The van der Waals surface area contributed by atoms with E-state index >= 15 is 0 Å². The third-order valence-corrected chi connectivity index (χ3v) is 3.44. The molecule has 0 saturated carbocycles. The SMILES string of the molecule is COC(=O)c1ccc(N2CCN(C)CC2)c(OC)c1. The van der Waals surface area contributed by atoms with Crippen LogP contribution < -0.4 is 9.64 Å². The molecule has 0 aliphatic carbocycles. The van der Waals surface area contributed by atoms with E-state index < -0.39 is 0 Å². The summed E-state index contributed by atoms with van der Waals surface area (Å²) >= 11 is 0. The van der Waals surface area contributed by atoms with Crippen LogP contribution in [-0.2, 0) is 4.74 Å². The summed E-state index contributed by atoms with van der Waals surface area (Å²) in [7, 11) is 5.12. The maximum absolute atomic E-state index is 11.5. The highest BCUT2D eigenvalue weighted by Crippen LogP contribution is 2.30. The number of hydrogen-bond donors (Lipinski definition) is 0. The molecule has 19 heavy (non-hydrogen) atoms. The zero-order chi connectivity index (χ0) is 13.8. The molecule has 0 spiro atoms. The molecule has 0 atom stereocenters. The number of hydrogen-bond acceptors (Lipinski definition) is 5. The van der Waals surface area contributed by atoms with Crippen molar-refractivity contribution in [2.45, 2.75) is 0 Å². The molecule has 0 N–H and O–H groups in total. The van der Waals surface area contributed by atoms with Crippen molar-refractivity contribution in [1.29, 1.82) is 0 Å². The monoisotopic (exact) mass is 264 g/mol. The van der Waals surface area contributed by atoms with E-state index in [0.29, 0.717) is 11.3 Å². The largest absolute Gasteiger partial charge is 0.495 e. The van der Waals surface area contributed by atoms with Crippen molar-refractivity contribution >= 4 is 11.7 Å². The van der Waals surface area contributed by atoms with Crippen molar-refractivity contribution in [3.05, 3.63) is 23.8 Å². The number of nitrogens with zero attached hydrogens (tertiary/aromatic N) is 2. The summed E-state index contributed by atoms with van der Waals surface area (Å²) in [6.07, 6.45) is 0. The van der Waals surface area contributed by atoms with Gasteiger partial charge in [-0.15, -0.1) is 0 Å². The van der Waals surface area contributed by atoms with E-state index in [0.717, 1.165) is 31.9 Å². The molecular formula is C14H20N2O3. The average Bonchev–Trinajstić information content (AvgIpc) is 2.46. The lowest BCUT2D eigenvalue weighted by atomic mass is 10.1. The lowest BCUT2D eigenvalue weighted by Gasteiger charge is -2.34. The molecule has 1 heterocycles. The van der Waals surface area contributed by atoms with E-state index in [1.807, 2.05) is 6.07 Å². The first-order valence-electron chi connectivity index (χ1n) is 6.35. The van der Waals surface area contributed by atoms with E-state index in [-0.39, 0.29) is 5.97 Å². The Balaban J connectivity index is 2.23. The quantitative estimate of drug-likeness (QED) is 0.768. The number of anilines is 1. The lowest BCUT2D eigenvalue weighted by molar-refractivity contribution is 0.0600. The highest BCUT2D eigenvalue weighted by molar-refractivity contribution is 5.90. The number of carbonyl (C=O) groups excluding carboxylic acids is 1. The van der Waals surface area contributed by atoms with Gasteiger partial charge in [0.05, 0.1) is 25.5 Å². The Morgan fingerprint density at radius 2 is 1.84 bits per heavy atom. The van der Waals surface area contributed by atoms with E-state index in [1.165, 1.54) is 7.11 Å². The third kappa shape index (κ3) is 2.98. The zero-order valence-electron chi connectivity index (χ0n) is 11.7. The number of piperazine rings is 1. The minimum Gasteiger partial charge on any atom is -0.495 e. The van der Waals surface area contributed by atoms with Crippen molar-refractivity contribution in [3.63, 3.8) is 0 Å². The van der Waals surface area contributed by atoms with Crippen LogP contribution in [0.3, 0.4) is 0 Å². The molecule has 0 bridgehead atoms. The molecule has 0 radical (unpaired) electrons. The van der Waals surface area contributed by atoms with E-state index in [1.54, 1.807) is 19.2 Å². The van der Waals surface area contributed by atoms with E-state index in [4.69, 9.17) is 9.47 Å². The maximum Gasteiger partial charge on any atom is 0.337 e. The lowest BCUT2D eigenvalue weighted by Crippen LogP contribution is -2.44. The number of carbonyl (C=O) groups is 1. The highest BCUT2D eigenvalue weighted by Gasteiger charge is 2.19. The molecule has 5 heteroatoms. The Kier molecular flexibility index (Phi) is 4.27. The van der Waals surface area contributed by atoms with Crippen molar-refractivity contribution in [2.24, 2.45) is 0 Å². The van der Waals surface area contributed by atoms with Crippen molar-refractivity contribution in [1.82, 2.24) is 4.90 Å². The summed E-state index contributed by atoms with van der Waals surface area (Å²) in [6, 6.07) is 5.44. The normalized spacial score (nSPS) is 16.3.